The zero-order valence-corrected chi connectivity index (χ0v) is 13.8. The molecule has 0 aromatic heterocycles. The Hall–Kier alpha value is -2.15. The second kappa shape index (κ2) is 7.41. The largest absolute Gasteiger partial charge is 0.478 e. The third-order valence-electron chi connectivity index (χ3n) is 2.79. The minimum Gasteiger partial charge on any atom is -0.478 e. The van der Waals surface area contributed by atoms with Crippen LogP contribution in [0.1, 0.15) is 20.7 Å². The van der Waals surface area contributed by atoms with Crippen LogP contribution in [0.15, 0.2) is 42.5 Å². The number of hydrogen-bond donors (Lipinski definition) is 3. The molecular weight excluding hydrogens is 359 g/mol. The number of carbonyl (C=O) groups excluding carboxylic acids is 1. The quantitative estimate of drug-likeness (QED) is 0.717. The number of halogens is 2. The number of benzene rings is 2. The molecule has 0 saturated heterocycles. The summed E-state index contributed by atoms with van der Waals surface area (Å²) in [6, 6.07) is 10.7. The molecule has 0 saturated carbocycles. The van der Waals surface area contributed by atoms with E-state index < -0.39 is 11.9 Å². The summed E-state index contributed by atoms with van der Waals surface area (Å²) in [5.41, 5.74) is 0.719. The predicted molar refractivity (Wildman–Crippen MR) is 93.6 cm³/mol. The molecule has 118 valence electrons. The van der Waals surface area contributed by atoms with Crippen molar-refractivity contribution in [1.82, 2.24) is 5.32 Å². The van der Waals surface area contributed by atoms with Gasteiger partial charge in [0.25, 0.3) is 5.91 Å². The van der Waals surface area contributed by atoms with Crippen LogP contribution >= 0.6 is 35.4 Å². The van der Waals surface area contributed by atoms with Gasteiger partial charge < -0.3 is 10.4 Å². The number of carboxylic acid groups (broad SMARTS) is 1. The number of carbonyl (C=O) groups is 2. The second-order valence-corrected chi connectivity index (χ2v) is 5.59. The minimum absolute atomic E-state index is 0.00795. The Balaban J connectivity index is 2.07. The number of anilines is 1. The molecule has 0 aliphatic carbocycles. The summed E-state index contributed by atoms with van der Waals surface area (Å²) >= 11 is 16.9. The highest BCUT2D eigenvalue weighted by molar-refractivity contribution is 7.80. The van der Waals surface area contributed by atoms with E-state index in [-0.39, 0.29) is 26.3 Å². The van der Waals surface area contributed by atoms with Crippen molar-refractivity contribution in [3.63, 3.8) is 0 Å². The first kappa shape index (κ1) is 17.2. The van der Waals surface area contributed by atoms with E-state index >= 15 is 0 Å². The second-order valence-electron chi connectivity index (χ2n) is 4.40. The van der Waals surface area contributed by atoms with Crippen LogP contribution < -0.4 is 10.6 Å². The van der Waals surface area contributed by atoms with Gasteiger partial charge in [-0.2, -0.15) is 0 Å². The average molecular weight is 369 g/mol. The third kappa shape index (κ3) is 4.41. The van der Waals surface area contributed by atoms with Crippen molar-refractivity contribution in [3.8, 4) is 0 Å². The standard InChI is InChI=1S/C15H10Cl2N2O3S/c16-11-6-2-5-10(12(11)17)13(20)19-15(23)18-9-4-1-3-8(7-9)14(21)22/h1-7H,(H,21,22)(H2,18,19,20,23). The van der Waals surface area contributed by atoms with Crippen molar-refractivity contribution in [1.29, 1.82) is 0 Å². The lowest BCUT2D eigenvalue weighted by Gasteiger charge is -2.11. The number of aromatic carboxylic acids is 1. The number of hydrogen-bond acceptors (Lipinski definition) is 3. The predicted octanol–water partition coefficient (Wildman–Crippen LogP) is 3.82. The number of carboxylic acids is 1. The van der Waals surface area contributed by atoms with E-state index in [9.17, 15) is 9.59 Å². The van der Waals surface area contributed by atoms with Crippen molar-refractivity contribution in [3.05, 3.63) is 63.6 Å². The Morgan fingerprint density at radius 1 is 1.09 bits per heavy atom. The van der Waals surface area contributed by atoms with Crippen LogP contribution in [0.5, 0.6) is 0 Å². The van der Waals surface area contributed by atoms with Gasteiger partial charge in [0.05, 0.1) is 21.2 Å². The van der Waals surface area contributed by atoms with Crippen LogP contribution in [0.3, 0.4) is 0 Å². The highest BCUT2D eigenvalue weighted by Gasteiger charge is 2.14. The molecule has 2 rings (SSSR count). The minimum atomic E-state index is -1.06. The van der Waals surface area contributed by atoms with Crippen molar-refractivity contribution in [2.45, 2.75) is 0 Å². The molecule has 8 heteroatoms. The number of nitrogens with one attached hydrogen (secondary N) is 2. The average Bonchev–Trinajstić information content (AvgIpc) is 2.50. The molecule has 0 spiro atoms. The Morgan fingerprint density at radius 2 is 1.78 bits per heavy atom. The van der Waals surface area contributed by atoms with Crippen LogP contribution in [0, 0.1) is 0 Å². The molecule has 2 aromatic carbocycles. The first-order chi connectivity index (χ1) is 10.9. The Labute approximate surface area is 147 Å². The highest BCUT2D eigenvalue weighted by Crippen LogP contribution is 2.25. The summed E-state index contributed by atoms with van der Waals surface area (Å²) in [5.74, 6) is -1.58. The summed E-state index contributed by atoms with van der Waals surface area (Å²) in [4.78, 5) is 23.0. The molecule has 0 fully saturated rings. The molecular formula is C15H10Cl2N2O3S. The molecule has 23 heavy (non-hydrogen) atoms. The Bertz CT molecular complexity index is 796. The van der Waals surface area contributed by atoms with E-state index in [1.165, 1.54) is 18.2 Å². The summed E-state index contributed by atoms with van der Waals surface area (Å²) in [6.45, 7) is 0. The highest BCUT2D eigenvalue weighted by atomic mass is 35.5. The van der Waals surface area contributed by atoms with Crippen molar-refractivity contribution < 1.29 is 14.7 Å². The lowest BCUT2D eigenvalue weighted by molar-refractivity contribution is 0.0696. The van der Waals surface area contributed by atoms with Crippen molar-refractivity contribution >= 4 is 58.1 Å². The molecule has 0 aliphatic rings. The molecule has 5 nitrogen and oxygen atoms in total. The van der Waals surface area contributed by atoms with Crippen LogP contribution in [0.2, 0.25) is 10.0 Å². The summed E-state index contributed by atoms with van der Waals surface area (Å²) in [5, 5.41) is 14.5. The summed E-state index contributed by atoms with van der Waals surface area (Å²) in [7, 11) is 0. The van der Waals surface area contributed by atoms with Gasteiger partial charge in [0.2, 0.25) is 0 Å². The van der Waals surface area contributed by atoms with Gasteiger partial charge in [-0.3, -0.25) is 10.1 Å². The molecule has 1 amide bonds. The lowest BCUT2D eigenvalue weighted by Crippen LogP contribution is -2.34. The molecule has 0 heterocycles. The van der Waals surface area contributed by atoms with E-state index in [1.54, 1.807) is 24.3 Å². The van der Waals surface area contributed by atoms with Crippen LogP contribution in [0.25, 0.3) is 0 Å². The van der Waals surface area contributed by atoms with Gasteiger partial charge in [-0.1, -0.05) is 35.3 Å². The third-order valence-corrected chi connectivity index (χ3v) is 3.81. The first-order valence-electron chi connectivity index (χ1n) is 6.28. The molecule has 0 atom stereocenters. The zero-order valence-electron chi connectivity index (χ0n) is 11.5. The van der Waals surface area contributed by atoms with Gasteiger partial charge in [0.1, 0.15) is 0 Å². The van der Waals surface area contributed by atoms with Gasteiger partial charge >= 0.3 is 5.97 Å². The van der Waals surface area contributed by atoms with Gasteiger partial charge in [-0.05, 0) is 42.5 Å². The summed E-state index contributed by atoms with van der Waals surface area (Å²) in [6.07, 6.45) is 0. The molecule has 0 unspecified atom stereocenters. The first-order valence-corrected chi connectivity index (χ1v) is 7.44. The van der Waals surface area contributed by atoms with Crippen molar-refractivity contribution in [2.24, 2.45) is 0 Å². The van der Waals surface area contributed by atoms with Crippen molar-refractivity contribution in [2.75, 3.05) is 5.32 Å². The molecule has 0 radical (unpaired) electrons. The SMILES string of the molecule is O=C(O)c1cccc(NC(=S)NC(=O)c2cccc(Cl)c2Cl)c1. The number of thiocarbonyl (C=S) groups is 1. The molecule has 3 N–H and O–H groups in total. The van der Waals surface area contributed by atoms with Gasteiger partial charge in [0.15, 0.2) is 5.11 Å². The Morgan fingerprint density at radius 3 is 2.48 bits per heavy atom. The van der Waals surface area contributed by atoms with E-state index in [1.807, 2.05) is 0 Å². The summed E-state index contributed by atoms with van der Waals surface area (Å²) < 4.78 is 0. The molecule has 0 aliphatic heterocycles. The van der Waals surface area contributed by atoms with Crippen LogP contribution in [0.4, 0.5) is 5.69 Å². The van der Waals surface area contributed by atoms with Crippen LogP contribution in [-0.4, -0.2) is 22.1 Å². The van der Waals surface area contributed by atoms with E-state index in [4.69, 9.17) is 40.5 Å². The number of amides is 1. The maximum atomic E-state index is 12.1. The molecule has 0 bridgehead atoms. The number of rotatable bonds is 3. The monoisotopic (exact) mass is 368 g/mol. The van der Waals surface area contributed by atoms with Crippen LogP contribution in [-0.2, 0) is 0 Å². The van der Waals surface area contributed by atoms with Gasteiger partial charge in [-0.15, -0.1) is 0 Å². The molecule has 2 aromatic rings. The van der Waals surface area contributed by atoms with E-state index in [0.717, 1.165) is 0 Å². The fourth-order valence-corrected chi connectivity index (χ4v) is 2.34. The smallest absolute Gasteiger partial charge is 0.335 e. The Kier molecular flexibility index (Phi) is 5.54. The van der Waals surface area contributed by atoms with Gasteiger partial charge in [0, 0.05) is 5.69 Å². The fraction of sp³-hybridized carbons (Fsp3) is 0. The fourth-order valence-electron chi connectivity index (χ4n) is 1.74. The van der Waals surface area contributed by atoms with E-state index in [0.29, 0.717) is 5.69 Å². The topological polar surface area (TPSA) is 78.4 Å². The normalized spacial score (nSPS) is 10.0. The lowest BCUT2D eigenvalue weighted by atomic mass is 10.2. The zero-order chi connectivity index (χ0) is 17.0. The van der Waals surface area contributed by atoms with E-state index in [2.05, 4.69) is 10.6 Å². The van der Waals surface area contributed by atoms with Gasteiger partial charge in [-0.25, -0.2) is 4.79 Å². The maximum Gasteiger partial charge on any atom is 0.335 e. The maximum absolute atomic E-state index is 12.1.